The number of para-hydroxylation sites is 1. The van der Waals surface area contributed by atoms with Gasteiger partial charge in [-0.25, -0.2) is 4.98 Å². The number of ether oxygens (including phenoxy) is 1. The smallest absolute Gasteiger partial charge is 0.137 e. The molecule has 2 aromatic heterocycles. The highest BCUT2D eigenvalue weighted by Crippen LogP contribution is 2.30. The summed E-state index contributed by atoms with van der Waals surface area (Å²) in [4.78, 5) is 4.88. The highest BCUT2D eigenvalue weighted by atomic mass is 35.5. The van der Waals surface area contributed by atoms with Crippen molar-refractivity contribution in [3.8, 4) is 17.0 Å². The van der Waals surface area contributed by atoms with Crippen molar-refractivity contribution >= 4 is 17.2 Å². The van der Waals surface area contributed by atoms with E-state index in [9.17, 15) is 0 Å². The highest BCUT2D eigenvalue weighted by molar-refractivity contribution is 6.30. The van der Waals surface area contributed by atoms with E-state index in [0.29, 0.717) is 5.02 Å². The molecule has 0 saturated carbocycles. The van der Waals surface area contributed by atoms with Gasteiger partial charge in [0, 0.05) is 28.8 Å². The average Bonchev–Trinajstić information content (AvgIpc) is 3.00. The van der Waals surface area contributed by atoms with Gasteiger partial charge in [-0.3, -0.25) is 0 Å². The fourth-order valence-corrected chi connectivity index (χ4v) is 3.46. The monoisotopic (exact) mass is 362 g/mol. The molecule has 4 aromatic rings. The maximum Gasteiger partial charge on any atom is 0.137 e. The van der Waals surface area contributed by atoms with Crippen LogP contribution < -0.4 is 4.74 Å². The quantitative estimate of drug-likeness (QED) is 0.475. The maximum atomic E-state index is 6.22. The van der Waals surface area contributed by atoms with Crippen molar-refractivity contribution in [3.05, 3.63) is 88.7 Å². The molecule has 2 aromatic carbocycles. The van der Waals surface area contributed by atoms with Crippen LogP contribution in [0.3, 0.4) is 0 Å². The van der Waals surface area contributed by atoms with Crippen LogP contribution in [0.2, 0.25) is 5.02 Å². The molecule has 0 radical (unpaired) electrons. The summed E-state index contributed by atoms with van der Waals surface area (Å²) in [6.45, 7) is 2.09. The first-order valence-corrected chi connectivity index (χ1v) is 8.89. The molecule has 0 aliphatic carbocycles. The third-order valence-electron chi connectivity index (χ3n) is 4.51. The maximum absolute atomic E-state index is 6.22. The molecule has 0 atom stereocenters. The van der Waals surface area contributed by atoms with Gasteiger partial charge < -0.3 is 9.14 Å². The zero-order chi connectivity index (χ0) is 18.1. The summed E-state index contributed by atoms with van der Waals surface area (Å²) in [7, 11) is 1.70. The fourth-order valence-electron chi connectivity index (χ4n) is 3.26. The number of imidazole rings is 1. The third kappa shape index (κ3) is 3.06. The molecule has 0 saturated heterocycles. The predicted molar refractivity (Wildman–Crippen MR) is 106 cm³/mol. The SMILES string of the molecule is COc1ccccc1Cc1c(-c2cccc(Cl)c2)nc2ccc(C)cn12. The normalized spacial score (nSPS) is 11.0. The van der Waals surface area contributed by atoms with Gasteiger partial charge in [0.1, 0.15) is 11.4 Å². The van der Waals surface area contributed by atoms with Gasteiger partial charge in [0.2, 0.25) is 0 Å². The van der Waals surface area contributed by atoms with E-state index in [2.05, 4.69) is 35.7 Å². The number of pyridine rings is 1. The van der Waals surface area contributed by atoms with Crippen molar-refractivity contribution in [2.24, 2.45) is 0 Å². The van der Waals surface area contributed by atoms with Gasteiger partial charge in [0.15, 0.2) is 0 Å². The Kier molecular flexibility index (Phi) is 4.39. The summed E-state index contributed by atoms with van der Waals surface area (Å²) < 4.78 is 7.71. The second kappa shape index (κ2) is 6.85. The van der Waals surface area contributed by atoms with Gasteiger partial charge in [-0.2, -0.15) is 0 Å². The van der Waals surface area contributed by atoms with Crippen LogP contribution in [0.5, 0.6) is 5.75 Å². The van der Waals surface area contributed by atoms with Gasteiger partial charge in [-0.1, -0.05) is 48.0 Å². The van der Waals surface area contributed by atoms with E-state index in [1.165, 1.54) is 5.56 Å². The molecule has 2 heterocycles. The fraction of sp³-hybridized carbons (Fsp3) is 0.136. The Hall–Kier alpha value is -2.78. The molecule has 0 fully saturated rings. The summed E-state index contributed by atoms with van der Waals surface area (Å²) >= 11 is 6.22. The molecule has 26 heavy (non-hydrogen) atoms. The van der Waals surface area contributed by atoms with Gasteiger partial charge in [-0.15, -0.1) is 0 Å². The van der Waals surface area contributed by atoms with Crippen molar-refractivity contribution in [2.45, 2.75) is 13.3 Å². The Morgan fingerprint density at radius 3 is 2.69 bits per heavy atom. The first-order valence-electron chi connectivity index (χ1n) is 8.51. The lowest BCUT2D eigenvalue weighted by Crippen LogP contribution is -1.99. The summed E-state index contributed by atoms with van der Waals surface area (Å²) in [5.41, 5.74) is 6.33. The predicted octanol–water partition coefficient (Wildman–Crippen LogP) is 5.56. The number of hydrogen-bond donors (Lipinski definition) is 0. The summed E-state index contributed by atoms with van der Waals surface area (Å²) in [5, 5.41) is 0.707. The minimum Gasteiger partial charge on any atom is -0.496 e. The van der Waals surface area contributed by atoms with Gasteiger partial charge >= 0.3 is 0 Å². The molecule has 3 nitrogen and oxygen atoms in total. The minimum atomic E-state index is 0.707. The van der Waals surface area contributed by atoms with Crippen LogP contribution in [0, 0.1) is 6.92 Å². The lowest BCUT2D eigenvalue weighted by molar-refractivity contribution is 0.410. The Labute approximate surface area is 157 Å². The Morgan fingerprint density at radius 2 is 1.88 bits per heavy atom. The van der Waals surface area contributed by atoms with E-state index >= 15 is 0 Å². The van der Waals surface area contributed by atoms with Crippen LogP contribution >= 0.6 is 11.6 Å². The van der Waals surface area contributed by atoms with E-state index < -0.39 is 0 Å². The van der Waals surface area contributed by atoms with Crippen molar-refractivity contribution in [1.29, 1.82) is 0 Å². The Morgan fingerprint density at radius 1 is 1.04 bits per heavy atom. The summed E-state index contributed by atoms with van der Waals surface area (Å²) in [5.74, 6) is 0.882. The minimum absolute atomic E-state index is 0.707. The summed E-state index contributed by atoms with van der Waals surface area (Å²) in [6.07, 6.45) is 2.84. The first-order chi connectivity index (χ1) is 12.7. The van der Waals surface area contributed by atoms with Crippen LogP contribution in [0.25, 0.3) is 16.9 Å². The molecule has 0 unspecified atom stereocenters. The number of fused-ring (bicyclic) bond motifs is 1. The lowest BCUT2D eigenvalue weighted by atomic mass is 10.0. The molecule has 0 aliphatic heterocycles. The standard InChI is InChI=1S/C22H19ClN2O/c1-15-10-11-21-24-22(17-7-5-8-18(23)12-17)19(25(21)14-15)13-16-6-3-4-9-20(16)26-2/h3-12,14H,13H2,1-2H3. The molecule has 130 valence electrons. The van der Waals surface area contributed by atoms with Gasteiger partial charge in [-0.05, 0) is 36.8 Å². The van der Waals surface area contributed by atoms with Crippen molar-refractivity contribution in [2.75, 3.05) is 7.11 Å². The van der Waals surface area contributed by atoms with E-state index in [1.54, 1.807) is 7.11 Å². The van der Waals surface area contributed by atoms with Gasteiger partial charge in [0.25, 0.3) is 0 Å². The topological polar surface area (TPSA) is 26.5 Å². The molecular formula is C22H19ClN2O. The second-order valence-corrected chi connectivity index (χ2v) is 6.78. The number of aromatic nitrogens is 2. The van der Waals surface area contributed by atoms with Crippen molar-refractivity contribution in [1.82, 2.24) is 9.38 Å². The highest BCUT2D eigenvalue weighted by Gasteiger charge is 2.16. The van der Waals surface area contributed by atoms with Crippen molar-refractivity contribution < 1.29 is 4.74 Å². The molecule has 0 bridgehead atoms. The first kappa shape index (κ1) is 16.7. The number of nitrogens with zero attached hydrogens (tertiary/aromatic N) is 2. The summed E-state index contributed by atoms with van der Waals surface area (Å²) in [6, 6.07) is 20.1. The molecule has 0 amide bonds. The van der Waals surface area contributed by atoms with E-state index in [0.717, 1.165) is 40.3 Å². The number of methoxy groups -OCH3 is 1. The van der Waals surface area contributed by atoms with E-state index in [1.807, 2.05) is 42.5 Å². The average molecular weight is 363 g/mol. The van der Waals surface area contributed by atoms with Gasteiger partial charge in [0.05, 0.1) is 18.5 Å². The molecule has 0 N–H and O–H groups in total. The van der Waals surface area contributed by atoms with Crippen LogP contribution in [0.4, 0.5) is 0 Å². The number of hydrogen-bond acceptors (Lipinski definition) is 2. The zero-order valence-electron chi connectivity index (χ0n) is 14.7. The largest absolute Gasteiger partial charge is 0.496 e. The second-order valence-electron chi connectivity index (χ2n) is 6.34. The number of rotatable bonds is 4. The molecule has 4 rings (SSSR count). The number of aryl methyl sites for hydroxylation is 1. The number of halogens is 1. The lowest BCUT2D eigenvalue weighted by Gasteiger charge is -2.10. The van der Waals surface area contributed by atoms with E-state index in [4.69, 9.17) is 21.3 Å². The Balaban J connectivity index is 1.93. The zero-order valence-corrected chi connectivity index (χ0v) is 15.5. The molecule has 0 spiro atoms. The van der Waals surface area contributed by atoms with Crippen molar-refractivity contribution in [3.63, 3.8) is 0 Å². The van der Waals surface area contributed by atoms with Crippen LogP contribution in [0.15, 0.2) is 66.9 Å². The Bertz CT molecular complexity index is 1080. The third-order valence-corrected chi connectivity index (χ3v) is 4.75. The molecule has 0 aliphatic rings. The number of benzene rings is 2. The van der Waals surface area contributed by atoms with Crippen LogP contribution in [0.1, 0.15) is 16.8 Å². The molecular weight excluding hydrogens is 344 g/mol. The van der Waals surface area contributed by atoms with Crippen LogP contribution in [-0.2, 0) is 6.42 Å². The van der Waals surface area contributed by atoms with Crippen LogP contribution in [-0.4, -0.2) is 16.5 Å². The van der Waals surface area contributed by atoms with E-state index in [-0.39, 0.29) is 0 Å². The molecule has 4 heteroatoms.